The van der Waals surface area contributed by atoms with Crippen molar-refractivity contribution in [3.05, 3.63) is 16.3 Å². The van der Waals surface area contributed by atoms with Gasteiger partial charge in [0.2, 0.25) is 0 Å². The van der Waals surface area contributed by atoms with Crippen molar-refractivity contribution < 1.29 is 0 Å². The molecule has 2 heterocycles. The van der Waals surface area contributed by atoms with Crippen molar-refractivity contribution in [3.8, 4) is 0 Å². The maximum absolute atomic E-state index is 4.06. The SMILES string of the molecule is C1=NCNc2cscc21. The molecule has 0 radical (unpaired) electrons. The fraction of sp³-hybridized carbons (Fsp3) is 0.167. The van der Waals surface area contributed by atoms with Gasteiger partial charge in [0, 0.05) is 22.5 Å². The second-order valence-corrected chi connectivity index (χ2v) is 2.63. The number of rotatable bonds is 0. The zero-order valence-electron chi connectivity index (χ0n) is 4.79. The Hall–Kier alpha value is -0.830. The molecule has 1 aromatic rings. The van der Waals surface area contributed by atoms with Gasteiger partial charge in [-0.1, -0.05) is 0 Å². The number of nitrogens with one attached hydrogen (secondary N) is 1. The molecule has 0 saturated heterocycles. The van der Waals surface area contributed by atoms with Crippen LogP contribution in [0, 0.1) is 0 Å². The second-order valence-electron chi connectivity index (χ2n) is 1.89. The zero-order valence-corrected chi connectivity index (χ0v) is 5.61. The Morgan fingerprint density at radius 2 is 2.56 bits per heavy atom. The van der Waals surface area contributed by atoms with E-state index in [0.717, 1.165) is 6.67 Å². The number of nitrogens with zero attached hydrogens (tertiary/aromatic N) is 1. The van der Waals surface area contributed by atoms with Gasteiger partial charge in [-0.2, -0.15) is 0 Å². The second kappa shape index (κ2) is 1.84. The fourth-order valence-electron chi connectivity index (χ4n) is 0.825. The minimum absolute atomic E-state index is 0.726. The lowest BCUT2D eigenvalue weighted by Gasteiger charge is -2.05. The molecule has 1 N–H and O–H groups in total. The van der Waals surface area contributed by atoms with Gasteiger partial charge in [-0.25, -0.2) is 0 Å². The van der Waals surface area contributed by atoms with Gasteiger partial charge in [-0.05, 0) is 0 Å². The van der Waals surface area contributed by atoms with E-state index in [1.165, 1.54) is 11.3 Å². The molecule has 0 aliphatic carbocycles. The summed E-state index contributed by atoms with van der Waals surface area (Å²) in [5.74, 6) is 0. The number of fused-ring (bicyclic) bond motifs is 1. The van der Waals surface area contributed by atoms with Crippen LogP contribution in [-0.2, 0) is 0 Å². The van der Waals surface area contributed by atoms with E-state index in [4.69, 9.17) is 0 Å². The molecule has 0 unspecified atom stereocenters. The van der Waals surface area contributed by atoms with E-state index in [2.05, 4.69) is 21.1 Å². The summed E-state index contributed by atoms with van der Waals surface area (Å²) in [6.07, 6.45) is 1.91. The van der Waals surface area contributed by atoms with Crippen LogP contribution in [0.1, 0.15) is 5.56 Å². The Balaban J connectivity index is 2.53. The minimum atomic E-state index is 0.726. The van der Waals surface area contributed by atoms with Gasteiger partial charge in [-0.3, -0.25) is 4.99 Å². The largest absolute Gasteiger partial charge is 0.365 e. The summed E-state index contributed by atoms with van der Waals surface area (Å²) in [4.78, 5) is 4.06. The molecule has 0 aromatic carbocycles. The molecule has 0 saturated carbocycles. The normalized spacial score (nSPS) is 14.7. The molecular weight excluding hydrogens is 132 g/mol. The number of aliphatic imine (C=N–C) groups is 1. The van der Waals surface area contributed by atoms with E-state index in [1.807, 2.05) is 6.21 Å². The van der Waals surface area contributed by atoms with Gasteiger partial charge in [0.05, 0.1) is 5.69 Å². The summed E-state index contributed by atoms with van der Waals surface area (Å²) in [5.41, 5.74) is 2.43. The molecule has 46 valence electrons. The van der Waals surface area contributed by atoms with Crippen LogP contribution >= 0.6 is 11.3 Å². The molecule has 0 atom stereocenters. The number of hydrogen-bond donors (Lipinski definition) is 1. The van der Waals surface area contributed by atoms with Crippen molar-refractivity contribution in [1.82, 2.24) is 0 Å². The summed E-state index contributed by atoms with van der Waals surface area (Å²) in [5, 5.41) is 7.34. The van der Waals surface area contributed by atoms with Crippen molar-refractivity contribution in [3.63, 3.8) is 0 Å². The van der Waals surface area contributed by atoms with Crippen LogP contribution in [0.2, 0.25) is 0 Å². The minimum Gasteiger partial charge on any atom is -0.365 e. The lowest BCUT2D eigenvalue weighted by atomic mass is 10.3. The van der Waals surface area contributed by atoms with E-state index in [1.54, 1.807) is 11.3 Å². The summed E-state index contributed by atoms with van der Waals surface area (Å²) in [6, 6.07) is 0. The highest BCUT2D eigenvalue weighted by atomic mass is 32.1. The highest BCUT2D eigenvalue weighted by molar-refractivity contribution is 7.08. The molecule has 1 aliphatic heterocycles. The first-order valence-corrected chi connectivity index (χ1v) is 3.71. The average Bonchev–Trinajstić information content (AvgIpc) is 2.33. The van der Waals surface area contributed by atoms with Gasteiger partial charge in [-0.15, -0.1) is 11.3 Å². The van der Waals surface area contributed by atoms with Gasteiger partial charge in [0.25, 0.3) is 0 Å². The topological polar surface area (TPSA) is 24.4 Å². The summed E-state index contributed by atoms with van der Waals surface area (Å²) in [6.45, 7) is 0.726. The summed E-state index contributed by atoms with van der Waals surface area (Å²) in [7, 11) is 0. The molecule has 0 amide bonds. The Labute approximate surface area is 57.2 Å². The van der Waals surface area contributed by atoms with Crippen LogP contribution in [0.4, 0.5) is 5.69 Å². The standard InChI is InChI=1S/C6H6N2S/c1-5-2-9-3-6(5)8-4-7-1/h1-3,8H,4H2. The highest BCUT2D eigenvalue weighted by Crippen LogP contribution is 2.20. The first-order valence-electron chi connectivity index (χ1n) is 2.77. The molecule has 0 spiro atoms. The van der Waals surface area contributed by atoms with E-state index >= 15 is 0 Å². The summed E-state index contributed by atoms with van der Waals surface area (Å²) >= 11 is 1.70. The van der Waals surface area contributed by atoms with Gasteiger partial charge in [0.1, 0.15) is 6.67 Å². The summed E-state index contributed by atoms with van der Waals surface area (Å²) < 4.78 is 0. The molecular formula is C6H6N2S. The van der Waals surface area contributed by atoms with Crippen molar-refractivity contribution in [2.45, 2.75) is 0 Å². The van der Waals surface area contributed by atoms with Gasteiger partial charge >= 0.3 is 0 Å². The fourth-order valence-corrected chi connectivity index (χ4v) is 1.58. The van der Waals surface area contributed by atoms with Crippen LogP contribution < -0.4 is 5.32 Å². The van der Waals surface area contributed by atoms with Crippen LogP contribution in [0.5, 0.6) is 0 Å². The first-order chi connectivity index (χ1) is 4.47. The third-order valence-electron chi connectivity index (χ3n) is 1.28. The predicted molar refractivity (Wildman–Crippen MR) is 40.4 cm³/mol. The molecule has 0 bridgehead atoms. The van der Waals surface area contributed by atoms with Crippen molar-refractivity contribution in [1.29, 1.82) is 0 Å². The maximum Gasteiger partial charge on any atom is 0.107 e. The predicted octanol–water partition coefficient (Wildman–Crippen LogP) is 1.55. The average molecular weight is 138 g/mol. The number of thiophene rings is 1. The molecule has 0 fully saturated rings. The van der Waals surface area contributed by atoms with Crippen molar-refractivity contribution >= 4 is 23.2 Å². The lowest BCUT2D eigenvalue weighted by molar-refractivity contribution is 1.13. The van der Waals surface area contributed by atoms with Crippen molar-refractivity contribution in [2.24, 2.45) is 4.99 Å². The first kappa shape index (κ1) is 4.99. The molecule has 2 rings (SSSR count). The van der Waals surface area contributed by atoms with E-state index in [-0.39, 0.29) is 0 Å². The number of anilines is 1. The highest BCUT2D eigenvalue weighted by Gasteiger charge is 2.02. The van der Waals surface area contributed by atoms with Gasteiger partial charge in [0.15, 0.2) is 0 Å². The Morgan fingerprint density at radius 3 is 3.44 bits per heavy atom. The van der Waals surface area contributed by atoms with Crippen LogP contribution in [-0.4, -0.2) is 12.9 Å². The zero-order chi connectivity index (χ0) is 6.10. The monoisotopic (exact) mass is 138 g/mol. The Morgan fingerprint density at radius 1 is 1.56 bits per heavy atom. The molecule has 1 aliphatic rings. The van der Waals surface area contributed by atoms with Crippen molar-refractivity contribution in [2.75, 3.05) is 12.0 Å². The van der Waals surface area contributed by atoms with Crippen LogP contribution in [0.25, 0.3) is 0 Å². The van der Waals surface area contributed by atoms with Crippen LogP contribution in [0.15, 0.2) is 15.8 Å². The Kier molecular flexibility index (Phi) is 1.02. The third-order valence-corrected chi connectivity index (χ3v) is 2.04. The molecule has 9 heavy (non-hydrogen) atoms. The molecule has 2 nitrogen and oxygen atoms in total. The Bertz CT molecular complexity index is 239. The quantitative estimate of drug-likeness (QED) is 0.578. The lowest BCUT2D eigenvalue weighted by Crippen LogP contribution is -2.04. The van der Waals surface area contributed by atoms with E-state index < -0.39 is 0 Å². The van der Waals surface area contributed by atoms with Crippen LogP contribution in [0.3, 0.4) is 0 Å². The van der Waals surface area contributed by atoms with E-state index in [9.17, 15) is 0 Å². The molecule has 1 aromatic heterocycles. The van der Waals surface area contributed by atoms with E-state index in [0.29, 0.717) is 0 Å². The smallest absolute Gasteiger partial charge is 0.107 e. The van der Waals surface area contributed by atoms with Gasteiger partial charge < -0.3 is 5.32 Å². The maximum atomic E-state index is 4.06. The number of hydrogen-bond acceptors (Lipinski definition) is 3. The molecule has 3 heteroatoms. The third kappa shape index (κ3) is 0.733.